The minimum absolute atomic E-state index is 0.0505. The molecule has 140 valence electrons. The molecule has 0 amide bonds. The predicted octanol–water partition coefficient (Wildman–Crippen LogP) is 0.570. The van der Waals surface area contributed by atoms with Gasteiger partial charge in [0.25, 0.3) is 10.1 Å². The van der Waals surface area contributed by atoms with Gasteiger partial charge in [0.1, 0.15) is 12.4 Å². The van der Waals surface area contributed by atoms with Gasteiger partial charge < -0.3 is 15.6 Å². The second kappa shape index (κ2) is 7.16. The summed E-state index contributed by atoms with van der Waals surface area (Å²) in [4.78, 5) is 4.03. The Morgan fingerprint density at radius 3 is 2.77 bits per heavy atom. The van der Waals surface area contributed by atoms with Crippen LogP contribution in [-0.2, 0) is 19.0 Å². The number of hydrogen-bond acceptors (Lipinski definition) is 8. The molecule has 9 nitrogen and oxygen atoms in total. The molecule has 0 aliphatic carbocycles. The highest BCUT2D eigenvalue weighted by Gasteiger charge is 2.37. The van der Waals surface area contributed by atoms with Crippen LogP contribution in [0.3, 0.4) is 0 Å². The summed E-state index contributed by atoms with van der Waals surface area (Å²) in [5.74, 6) is 0.268. The molecule has 1 saturated heterocycles. The Kier molecular flexibility index (Phi) is 5.10. The Morgan fingerprint density at radius 2 is 2.15 bits per heavy atom. The highest BCUT2D eigenvalue weighted by atomic mass is 32.2. The summed E-state index contributed by atoms with van der Waals surface area (Å²) < 4.78 is 36.6. The van der Waals surface area contributed by atoms with Crippen LogP contribution in [0.15, 0.2) is 42.1 Å². The van der Waals surface area contributed by atoms with E-state index in [9.17, 15) is 13.5 Å². The van der Waals surface area contributed by atoms with Crippen molar-refractivity contribution in [3.8, 4) is 0 Å². The van der Waals surface area contributed by atoms with E-state index < -0.39 is 28.6 Å². The number of rotatable bonds is 6. The number of aryl methyl sites for hydroxylation is 1. The Balaban J connectivity index is 1.63. The van der Waals surface area contributed by atoms with Crippen molar-refractivity contribution in [3.63, 3.8) is 0 Å². The molecule has 26 heavy (non-hydrogen) atoms. The Hall–Kier alpha value is -2.27. The topological polar surface area (TPSA) is 130 Å². The molecule has 10 heteroatoms. The van der Waals surface area contributed by atoms with E-state index >= 15 is 0 Å². The highest BCUT2D eigenvalue weighted by molar-refractivity contribution is 7.86. The number of ether oxygens (including phenoxy) is 1. The van der Waals surface area contributed by atoms with Gasteiger partial charge in [-0.25, -0.2) is 9.67 Å². The maximum atomic E-state index is 12.2. The summed E-state index contributed by atoms with van der Waals surface area (Å²) in [6.07, 6.45) is -0.674. The van der Waals surface area contributed by atoms with E-state index in [0.29, 0.717) is 0 Å². The van der Waals surface area contributed by atoms with Crippen LogP contribution in [0.25, 0.3) is 5.70 Å². The number of nitrogens with two attached hydrogens (primary N) is 1. The van der Waals surface area contributed by atoms with E-state index in [2.05, 4.69) is 16.7 Å². The van der Waals surface area contributed by atoms with Crippen molar-refractivity contribution in [1.82, 2.24) is 14.8 Å². The first-order valence-corrected chi connectivity index (χ1v) is 9.32. The average Bonchev–Trinajstić information content (AvgIpc) is 3.20. The first kappa shape index (κ1) is 18.5. The van der Waals surface area contributed by atoms with Crippen LogP contribution in [0.4, 0.5) is 0 Å². The maximum Gasteiger partial charge on any atom is 0.297 e. The molecule has 0 radical (unpaired) electrons. The van der Waals surface area contributed by atoms with Gasteiger partial charge in [-0.3, -0.25) is 4.18 Å². The molecule has 1 fully saturated rings. The molecule has 1 aromatic heterocycles. The minimum Gasteiger partial charge on any atom is -0.396 e. The standard InChI is InChI=1S/C16H20N4O5S/c1-10-3-5-12(6-4-10)26(22,23)24-8-14-13(21)7-15(25-14)20-9-18-16(19-20)11(2)17/h3-6,9,13-15,21H,2,7-8,17H2,1H3/t13-,14+,15+/m0/s1. The molecule has 3 atom stereocenters. The summed E-state index contributed by atoms with van der Waals surface area (Å²) in [5.41, 5.74) is 6.68. The molecule has 0 saturated carbocycles. The van der Waals surface area contributed by atoms with Gasteiger partial charge in [-0.1, -0.05) is 24.3 Å². The second-order valence-corrected chi connectivity index (χ2v) is 7.67. The van der Waals surface area contributed by atoms with Crippen molar-refractivity contribution >= 4 is 15.8 Å². The number of aliphatic hydroxyl groups excluding tert-OH is 1. The molecule has 3 rings (SSSR count). The van der Waals surface area contributed by atoms with Crippen LogP contribution in [0, 0.1) is 6.92 Å². The molecule has 1 aliphatic heterocycles. The van der Waals surface area contributed by atoms with Crippen LogP contribution in [-0.4, -0.2) is 47.1 Å². The van der Waals surface area contributed by atoms with Crippen molar-refractivity contribution in [2.75, 3.05) is 6.61 Å². The maximum absolute atomic E-state index is 12.2. The third kappa shape index (κ3) is 3.93. The number of nitrogens with zero attached hydrogens (tertiary/aromatic N) is 3. The lowest BCUT2D eigenvalue weighted by atomic mass is 10.2. The summed E-state index contributed by atoms with van der Waals surface area (Å²) in [7, 11) is -3.93. The van der Waals surface area contributed by atoms with Crippen molar-refractivity contribution in [2.24, 2.45) is 5.73 Å². The molecule has 0 spiro atoms. The lowest BCUT2D eigenvalue weighted by Crippen LogP contribution is -2.28. The van der Waals surface area contributed by atoms with Gasteiger partial charge in [-0.15, -0.1) is 5.10 Å². The minimum atomic E-state index is -3.93. The van der Waals surface area contributed by atoms with E-state index in [1.165, 1.54) is 23.1 Å². The van der Waals surface area contributed by atoms with Gasteiger partial charge in [0.2, 0.25) is 0 Å². The first-order valence-electron chi connectivity index (χ1n) is 7.92. The number of hydrogen-bond donors (Lipinski definition) is 2. The predicted molar refractivity (Wildman–Crippen MR) is 92.1 cm³/mol. The van der Waals surface area contributed by atoms with E-state index in [-0.39, 0.29) is 29.4 Å². The number of aliphatic hydroxyl groups is 1. The molecule has 3 N–H and O–H groups in total. The summed E-state index contributed by atoms with van der Waals surface area (Å²) in [5, 5.41) is 14.2. The normalized spacial score (nSPS) is 23.2. The summed E-state index contributed by atoms with van der Waals surface area (Å²) in [6.45, 7) is 5.10. The molecule has 1 aliphatic rings. The number of aromatic nitrogens is 3. The Bertz CT molecular complexity index is 894. The largest absolute Gasteiger partial charge is 0.396 e. The monoisotopic (exact) mass is 380 g/mol. The zero-order valence-corrected chi connectivity index (χ0v) is 15.0. The molecule has 1 aromatic carbocycles. The van der Waals surface area contributed by atoms with Gasteiger partial charge >= 0.3 is 0 Å². The van der Waals surface area contributed by atoms with Gasteiger partial charge in [0, 0.05) is 6.42 Å². The van der Waals surface area contributed by atoms with Crippen LogP contribution in [0.5, 0.6) is 0 Å². The molecular formula is C16H20N4O5S. The van der Waals surface area contributed by atoms with Crippen LogP contribution < -0.4 is 5.73 Å². The van der Waals surface area contributed by atoms with Crippen molar-refractivity contribution in [1.29, 1.82) is 0 Å². The second-order valence-electron chi connectivity index (χ2n) is 6.06. The van der Waals surface area contributed by atoms with E-state index in [1.807, 2.05) is 6.92 Å². The van der Waals surface area contributed by atoms with Gasteiger partial charge in [-0.05, 0) is 19.1 Å². The molecule has 0 bridgehead atoms. The molecule has 2 heterocycles. The van der Waals surface area contributed by atoms with E-state index in [4.69, 9.17) is 14.7 Å². The quantitative estimate of drug-likeness (QED) is 0.696. The zero-order chi connectivity index (χ0) is 18.9. The van der Waals surface area contributed by atoms with Crippen molar-refractivity contribution in [3.05, 3.63) is 48.6 Å². The molecular weight excluding hydrogens is 360 g/mol. The lowest BCUT2D eigenvalue weighted by molar-refractivity contribution is -0.0427. The summed E-state index contributed by atoms with van der Waals surface area (Å²) >= 11 is 0. The fourth-order valence-corrected chi connectivity index (χ4v) is 3.44. The first-order chi connectivity index (χ1) is 12.3. The van der Waals surface area contributed by atoms with Crippen molar-refractivity contribution in [2.45, 2.75) is 36.7 Å². The summed E-state index contributed by atoms with van der Waals surface area (Å²) in [6, 6.07) is 6.30. The van der Waals surface area contributed by atoms with Gasteiger partial charge in [-0.2, -0.15) is 8.42 Å². The Morgan fingerprint density at radius 1 is 1.46 bits per heavy atom. The van der Waals surface area contributed by atoms with Gasteiger partial charge in [0.05, 0.1) is 23.3 Å². The number of benzene rings is 1. The third-order valence-corrected chi connectivity index (χ3v) is 5.29. The smallest absolute Gasteiger partial charge is 0.297 e. The highest BCUT2D eigenvalue weighted by Crippen LogP contribution is 2.29. The van der Waals surface area contributed by atoms with E-state index in [0.717, 1.165) is 5.56 Å². The third-order valence-electron chi connectivity index (χ3n) is 3.99. The van der Waals surface area contributed by atoms with E-state index in [1.54, 1.807) is 12.1 Å². The lowest BCUT2D eigenvalue weighted by Gasteiger charge is -2.15. The molecule has 2 aromatic rings. The fraction of sp³-hybridized carbons (Fsp3) is 0.375. The van der Waals surface area contributed by atoms with Crippen LogP contribution >= 0.6 is 0 Å². The van der Waals surface area contributed by atoms with Crippen LogP contribution in [0.2, 0.25) is 0 Å². The SMILES string of the molecule is C=C(N)c1ncn([C@H]2C[C@H](O)[C@@H](COS(=O)(=O)c3ccc(C)cc3)O2)n1. The van der Waals surface area contributed by atoms with Crippen molar-refractivity contribution < 1.29 is 22.4 Å². The van der Waals surface area contributed by atoms with Gasteiger partial charge in [0.15, 0.2) is 12.1 Å². The fourth-order valence-electron chi connectivity index (χ4n) is 2.52. The van der Waals surface area contributed by atoms with Crippen LogP contribution in [0.1, 0.15) is 24.0 Å². The molecule has 0 unspecified atom stereocenters. The Labute approximate surface area is 151 Å². The zero-order valence-electron chi connectivity index (χ0n) is 14.1. The average molecular weight is 380 g/mol.